The Labute approximate surface area is 133 Å². The van der Waals surface area contributed by atoms with Crippen LogP contribution in [0.3, 0.4) is 0 Å². The van der Waals surface area contributed by atoms with Crippen molar-refractivity contribution in [2.75, 3.05) is 40.3 Å². The van der Waals surface area contributed by atoms with Gasteiger partial charge in [0.2, 0.25) is 0 Å². The molecule has 21 heavy (non-hydrogen) atoms. The van der Waals surface area contributed by atoms with Crippen LogP contribution in [0.2, 0.25) is 0 Å². The number of hydrogen-bond acceptors (Lipinski definition) is 3. The lowest BCUT2D eigenvalue weighted by Gasteiger charge is -2.13. The van der Waals surface area contributed by atoms with Gasteiger partial charge in [0.15, 0.2) is 5.11 Å². The van der Waals surface area contributed by atoms with E-state index >= 15 is 0 Å². The fourth-order valence-corrected chi connectivity index (χ4v) is 2.15. The molecule has 0 saturated carbocycles. The molecule has 5 heteroatoms. The van der Waals surface area contributed by atoms with Crippen LogP contribution >= 0.6 is 12.2 Å². The van der Waals surface area contributed by atoms with Crippen molar-refractivity contribution in [1.29, 1.82) is 0 Å². The monoisotopic (exact) mass is 309 g/mol. The quantitative estimate of drug-likeness (QED) is 0.568. The summed E-state index contributed by atoms with van der Waals surface area (Å²) in [5.41, 5.74) is 2.42. The minimum absolute atomic E-state index is 0.601. The Hall–Kier alpha value is -1.33. The van der Waals surface area contributed by atoms with Crippen molar-refractivity contribution < 1.29 is 4.74 Å². The Balaban J connectivity index is 2.12. The van der Waals surface area contributed by atoms with E-state index in [1.165, 1.54) is 11.1 Å². The number of thiocarbonyl (C=S) groups is 1. The zero-order chi connectivity index (χ0) is 15.7. The van der Waals surface area contributed by atoms with Gasteiger partial charge in [0.1, 0.15) is 12.4 Å². The van der Waals surface area contributed by atoms with E-state index in [0.29, 0.717) is 18.3 Å². The van der Waals surface area contributed by atoms with Crippen molar-refractivity contribution in [3.8, 4) is 5.75 Å². The van der Waals surface area contributed by atoms with Crippen LogP contribution in [0.25, 0.3) is 0 Å². The summed E-state index contributed by atoms with van der Waals surface area (Å²) in [7, 11) is 4.14. The summed E-state index contributed by atoms with van der Waals surface area (Å²) in [6.07, 6.45) is 1.08. The molecule has 1 rings (SSSR count). The minimum Gasteiger partial charge on any atom is -0.491 e. The van der Waals surface area contributed by atoms with E-state index < -0.39 is 0 Å². The van der Waals surface area contributed by atoms with Crippen LogP contribution in [0.15, 0.2) is 18.2 Å². The van der Waals surface area contributed by atoms with Crippen molar-refractivity contribution in [2.45, 2.75) is 20.3 Å². The highest BCUT2D eigenvalue weighted by atomic mass is 32.1. The fraction of sp³-hybridized carbons (Fsp3) is 0.562. The van der Waals surface area contributed by atoms with Crippen molar-refractivity contribution in [2.24, 2.45) is 0 Å². The average Bonchev–Trinajstić information content (AvgIpc) is 2.41. The molecule has 4 nitrogen and oxygen atoms in total. The van der Waals surface area contributed by atoms with E-state index in [0.717, 1.165) is 25.3 Å². The molecule has 0 amide bonds. The number of nitrogens with one attached hydrogen (secondary N) is 2. The Morgan fingerprint density at radius 3 is 2.57 bits per heavy atom. The zero-order valence-electron chi connectivity index (χ0n) is 13.5. The molecule has 118 valence electrons. The lowest BCUT2D eigenvalue weighted by atomic mass is 10.1. The molecule has 0 aliphatic carbocycles. The standard InChI is InChI=1S/C16H27N3OS/c1-13-6-7-15(14(2)12-13)20-11-9-18-16(21)17-8-5-10-19(3)4/h6-7,12H,5,8-11H2,1-4H3,(H2,17,18,21). The summed E-state index contributed by atoms with van der Waals surface area (Å²) < 4.78 is 5.74. The topological polar surface area (TPSA) is 36.5 Å². The van der Waals surface area contributed by atoms with Gasteiger partial charge in [0.25, 0.3) is 0 Å². The SMILES string of the molecule is Cc1ccc(OCCNC(=S)NCCCN(C)C)c(C)c1. The number of hydrogen-bond donors (Lipinski definition) is 2. The highest BCUT2D eigenvalue weighted by molar-refractivity contribution is 7.80. The summed E-state index contributed by atoms with van der Waals surface area (Å²) in [6.45, 7) is 7.40. The smallest absolute Gasteiger partial charge is 0.166 e. The molecule has 0 spiro atoms. The summed E-state index contributed by atoms with van der Waals surface area (Å²) in [5.74, 6) is 0.937. The molecule has 0 fully saturated rings. The first-order valence-corrected chi connectivity index (χ1v) is 7.76. The average molecular weight is 309 g/mol. The fourth-order valence-electron chi connectivity index (χ4n) is 1.95. The Bertz CT molecular complexity index is 449. The van der Waals surface area contributed by atoms with Gasteiger partial charge in [-0.15, -0.1) is 0 Å². The third-order valence-corrected chi connectivity index (χ3v) is 3.33. The summed E-state index contributed by atoms with van der Waals surface area (Å²) in [4.78, 5) is 2.16. The largest absolute Gasteiger partial charge is 0.491 e. The second-order valence-corrected chi connectivity index (χ2v) is 5.87. The first kappa shape index (κ1) is 17.7. The first-order chi connectivity index (χ1) is 9.99. The van der Waals surface area contributed by atoms with Gasteiger partial charge >= 0.3 is 0 Å². The molecule has 0 aromatic heterocycles. The number of rotatable bonds is 8. The summed E-state index contributed by atoms with van der Waals surface area (Å²) >= 11 is 5.21. The van der Waals surface area contributed by atoms with Crippen molar-refractivity contribution in [3.63, 3.8) is 0 Å². The van der Waals surface area contributed by atoms with Crippen LogP contribution in [0.5, 0.6) is 5.75 Å². The van der Waals surface area contributed by atoms with E-state index in [1.807, 2.05) is 6.07 Å². The lowest BCUT2D eigenvalue weighted by molar-refractivity contribution is 0.320. The summed E-state index contributed by atoms with van der Waals surface area (Å²) in [6, 6.07) is 6.20. The van der Waals surface area contributed by atoms with Gasteiger partial charge in [-0.3, -0.25) is 0 Å². The number of nitrogens with zero attached hydrogens (tertiary/aromatic N) is 1. The molecule has 0 unspecified atom stereocenters. The van der Waals surface area contributed by atoms with Gasteiger partial charge < -0.3 is 20.3 Å². The predicted molar refractivity (Wildman–Crippen MR) is 93.2 cm³/mol. The molecule has 0 bridgehead atoms. The van der Waals surface area contributed by atoms with Gasteiger partial charge in [0, 0.05) is 6.54 Å². The van der Waals surface area contributed by atoms with Gasteiger partial charge in [-0.25, -0.2) is 0 Å². The second kappa shape index (κ2) is 9.58. The molecule has 2 N–H and O–H groups in total. The number of benzene rings is 1. The van der Waals surface area contributed by atoms with E-state index in [4.69, 9.17) is 17.0 Å². The summed E-state index contributed by atoms with van der Waals surface area (Å²) in [5, 5.41) is 7.04. The highest BCUT2D eigenvalue weighted by Crippen LogP contribution is 2.18. The molecule has 0 aliphatic rings. The zero-order valence-corrected chi connectivity index (χ0v) is 14.3. The normalized spacial score (nSPS) is 10.5. The highest BCUT2D eigenvalue weighted by Gasteiger charge is 2.00. The van der Waals surface area contributed by atoms with E-state index in [9.17, 15) is 0 Å². The third kappa shape index (κ3) is 7.87. The van der Waals surface area contributed by atoms with Gasteiger partial charge in [-0.1, -0.05) is 17.7 Å². The van der Waals surface area contributed by atoms with Gasteiger partial charge in [-0.05, 0) is 64.8 Å². The molecule has 0 atom stereocenters. The molecule has 0 radical (unpaired) electrons. The van der Waals surface area contributed by atoms with Crippen molar-refractivity contribution in [3.05, 3.63) is 29.3 Å². The molecular formula is C16H27N3OS. The van der Waals surface area contributed by atoms with Crippen LogP contribution in [-0.2, 0) is 0 Å². The molecule has 1 aromatic rings. The lowest BCUT2D eigenvalue weighted by Crippen LogP contribution is -2.38. The maximum absolute atomic E-state index is 5.74. The van der Waals surface area contributed by atoms with E-state index in [2.05, 4.69) is 55.6 Å². The van der Waals surface area contributed by atoms with Crippen LogP contribution in [0.4, 0.5) is 0 Å². The number of ether oxygens (including phenoxy) is 1. The maximum atomic E-state index is 5.74. The van der Waals surface area contributed by atoms with Crippen molar-refractivity contribution >= 4 is 17.3 Å². The molecule has 0 saturated heterocycles. The maximum Gasteiger partial charge on any atom is 0.166 e. The van der Waals surface area contributed by atoms with Gasteiger partial charge in [-0.2, -0.15) is 0 Å². The Morgan fingerprint density at radius 1 is 1.19 bits per heavy atom. The van der Waals surface area contributed by atoms with Crippen LogP contribution in [0, 0.1) is 13.8 Å². The minimum atomic E-state index is 0.601. The first-order valence-electron chi connectivity index (χ1n) is 7.35. The second-order valence-electron chi connectivity index (χ2n) is 5.46. The molecule has 0 aliphatic heterocycles. The number of aryl methyl sites for hydroxylation is 2. The van der Waals surface area contributed by atoms with Crippen LogP contribution in [-0.4, -0.2) is 50.3 Å². The van der Waals surface area contributed by atoms with E-state index in [1.54, 1.807) is 0 Å². The van der Waals surface area contributed by atoms with Gasteiger partial charge in [0.05, 0.1) is 6.54 Å². The van der Waals surface area contributed by atoms with Crippen LogP contribution < -0.4 is 15.4 Å². The molecule has 1 aromatic carbocycles. The van der Waals surface area contributed by atoms with E-state index in [-0.39, 0.29) is 0 Å². The van der Waals surface area contributed by atoms with Crippen molar-refractivity contribution in [1.82, 2.24) is 15.5 Å². The van der Waals surface area contributed by atoms with Crippen LogP contribution in [0.1, 0.15) is 17.5 Å². The molecular weight excluding hydrogens is 282 g/mol. The molecule has 0 heterocycles. The Morgan fingerprint density at radius 2 is 1.90 bits per heavy atom. The third-order valence-electron chi connectivity index (χ3n) is 3.04. The predicted octanol–water partition coefficient (Wildman–Crippen LogP) is 2.10. The Kier molecular flexibility index (Phi) is 8.08.